The number of carbonyl (C=O) groups is 1. The van der Waals surface area contributed by atoms with Crippen LogP contribution in [0.25, 0.3) is 0 Å². The van der Waals surface area contributed by atoms with Crippen molar-refractivity contribution < 1.29 is 18.3 Å². The van der Waals surface area contributed by atoms with Crippen molar-refractivity contribution in [3.8, 4) is 0 Å². The Labute approximate surface area is 103 Å². The fourth-order valence-electron chi connectivity index (χ4n) is 1.25. The summed E-state index contributed by atoms with van der Waals surface area (Å²) < 4.78 is 29.2. The number of halogens is 2. The molecular formula is C11H13F2NO2S. The summed E-state index contributed by atoms with van der Waals surface area (Å²) in [5.41, 5.74) is 0.496. The van der Waals surface area contributed by atoms with Crippen LogP contribution in [-0.4, -0.2) is 24.9 Å². The van der Waals surface area contributed by atoms with Gasteiger partial charge in [-0.15, -0.1) is 0 Å². The topological polar surface area (TPSA) is 38.3 Å². The molecule has 0 saturated carbocycles. The number of hydrogen-bond acceptors (Lipinski definition) is 4. The maximum Gasteiger partial charge on any atom is 0.327 e. The summed E-state index contributed by atoms with van der Waals surface area (Å²) in [6, 6.07) is 6.01. The predicted octanol–water partition coefficient (Wildman–Crippen LogP) is 2.97. The lowest BCUT2D eigenvalue weighted by Crippen LogP contribution is -2.27. The molecule has 6 heteroatoms. The zero-order valence-electron chi connectivity index (χ0n) is 9.44. The fraction of sp³-hybridized carbons (Fsp3) is 0.364. The minimum Gasteiger partial charge on any atom is -0.467 e. The Morgan fingerprint density at radius 2 is 2.06 bits per heavy atom. The molecule has 0 aliphatic carbocycles. The molecule has 17 heavy (non-hydrogen) atoms. The molecule has 0 fully saturated rings. The molecule has 1 aromatic carbocycles. The first-order valence-corrected chi connectivity index (χ1v) is 5.80. The van der Waals surface area contributed by atoms with Crippen molar-refractivity contribution in [3.05, 3.63) is 24.3 Å². The monoisotopic (exact) mass is 261 g/mol. The first-order valence-electron chi connectivity index (χ1n) is 4.92. The van der Waals surface area contributed by atoms with Crippen molar-refractivity contribution in [1.82, 2.24) is 0 Å². The molecule has 94 valence electrons. The third-order valence-electron chi connectivity index (χ3n) is 2.03. The maximum absolute atomic E-state index is 12.3. The number of esters is 1. The van der Waals surface area contributed by atoms with E-state index in [9.17, 15) is 13.6 Å². The molecular weight excluding hydrogens is 248 g/mol. The Bertz CT molecular complexity index is 387. The minimum atomic E-state index is -2.49. The highest BCUT2D eigenvalue weighted by Gasteiger charge is 2.15. The lowest BCUT2D eigenvalue weighted by Gasteiger charge is -2.15. The summed E-state index contributed by atoms with van der Waals surface area (Å²) >= 11 is 0.438. The van der Waals surface area contributed by atoms with Gasteiger partial charge >= 0.3 is 5.97 Å². The Balaban J connectivity index is 2.79. The minimum absolute atomic E-state index is 0.401. The number of thioether (sulfide) groups is 1. The van der Waals surface area contributed by atoms with Gasteiger partial charge in [-0.2, -0.15) is 8.78 Å². The number of methoxy groups -OCH3 is 1. The van der Waals surface area contributed by atoms with E-state index in [-0.39, 0.29) is 0 Å². The first-order chi connectivity index (χ1) is 8.04. The largest absolute Gasteiger partial charge is 0.467 e. The van der Waals surface area contributed by atoms with E-state index >= 15 is 0 Å². The third kappa shape index (κ3) is 4.22. The maximum atomic E-state index is 12.3. The lowest BCUT2D eigenvalue weighted by molar-refractivity contribution is -0.141. The van der Waals surface area contributed by atoms with E-state index in [0.29, 0.717) is 22.3 Å². The van der Waals surface area contributed by atoms with Gasteiger partial charge in [0.2, 0.25) is 0 Å². The summed E-state index contributed by atoms with van der Waals surface area (Å²) in [6.07, 6.45) is 0. The average Bonchev–Trinajstić information content (AvgIpc) is 2.29. The summed E-state index contributed by atoms with van der Waals surface area (Å²) in [6.45, 7) is 1.61. The van der Waals surface area contributed by atoms with Crippen LogP contribution in [0.5, 0.6) is 0 Å². The highest BCUT2D eigenvalue weighted by atomic mass is 32.2. The predicted molar refractivity (Wildman–Crippen MR) is 63.4 cm³/mol. The molecule has 1 atom stereocenters. The summed E-state index contributed by atoms with van der Waals surface area (Å²) in [5, 5.41) is 2.84. The van der Waals surface area contributed by atoms with Gasteiger partial charge < -0.3 is 10.1 Å². The van der Waals surface area contributed by atoms with Crippen LogP contribution in [0.3, 0.4) is 0 Å². The highest BCUT2D eigenvalue weighted by molar-refractivity contribution is 7.99. The Kier molecular flexibility index (Phi) is 5.21. The van der Waals surface area contributed by atoms with Crippen molar-refractivity contribution in [1.29, 1.82) is 0 Å². The van der Waals surface area contributed by atoms with Gasteiger partial charge in [0.15, 0.2) is 0 Å². The van der Waals surface area contributed by atoms with Gasteiger partial charge in [-0.25, -0.2) is 4.79 Å². The fourth-order valence-corrected chi connectivity index (χ4v) is 1.86. The average molecular weight is 261 g/mol. The zero-order chi connectivity index (χ0) is 12.8. The second-order valence-corrected chi connectivity index (χ2v) is 4.30. The lowest BCUT2D eigenvalue weighted by atomic mass is 10.2. The normalized spacial score (nSPS) is 12.3. The van der Waals surface area contributed by atoms with E-state index < -0.39 is 17.8 Å². The number of para-hydroxylation sites is 1. The van der Waals surface area contributed by atoms with E-state index in [0.717, 1.165) is 0 Å². The van der Waals surface area contributed by atoms with Crippen molar-refractivity contribution >= 4 is 23.4 Å². The second-order valence-electron chi connectivity index (χ2n) is 3.26. The SMILES string of the molecule is COC(=O)C(C)Nc1ccccc1SC(F)F. The Morgan fingerprint density at radius 1 is 1.41 bits per heavy atom. The van der Waals surface area contributed by atoms with E-state index in [4.69, 9.17) is 0 Å². The number of ether oxygens (including phenoxy) is 1. The van der Waals surface area contributed by atoms with Gasteiger partial charge in [-0.05, 0) is 19.1 Å². The number of rotatable bonds is 5. The van der Waals surface area contributed by atoms with Crippen LogP contribution in [0, 0.1) is 0 Å². The number of anilines is 1. The standard InChI is InChI=1S/C11H13F2NO2S/c1-7(10(15)16-2)14-8-5-3-4-6-9(8)17-11(12)13/h3-7,11,14H,1-2H3. The van der Waals surface area contributed by atoms with Crippen LogP contribution in [0.4, 0.5) is 14.5 Å². The van der Waals surface area contributed by atoms with Crippen molar-refractivity contribution in [2.75, 3.05) is 12.4 Å². The molecule has 0 radical (unpaired) electrons. The zero-order valence-corrected chi connectivity index (χ0v) is 10.3. The Morgan fingerprint density at radius 3 is 2.65 bits per heavy atom. The van der Waals surface area contributed by atoms with Gasteiger partial charge in [0, 0.05) is 10.6 Å². The van der Waals surface area contributed by atoms with Crippen molar-refractivity contribution in [3.63, 3.8) is 0 Å². The third-order valence-corrected chi connectivity index (χ3v) is 2.82. The van der Waals surface area contributed by atoms with E-state index in [1.54, 1.807) is 31.2 Å². The number of carbonyl (C=O) groups excluding carboxylic acids is 1. The van der Waals surface area contributed by atoms with Crippen molar-refractivity contribution in [2.24, 2.45) is 0 Å². The molecule has 1 N–H and O–H groups in total. The quantitative estimate of drug-likeness (QED) is 0.653. The van der Waals surface area contributed by atoms with Gasteiger partial charge in [0.05, 0.1) is 7.11 Å². The van der Waals surface area contributed by atoms with Gasteiger partial charge in [0.1, 0.15) is 6.04 Å². The number of nitrogens with one attached hydrogen (secondary N) is 1. The molecule has 0 aliphatic heterocycles. The molecule has 3 nitrogen and oxygen atoms in total. The molecule has 1 unspecified atom stereocenters. The molecule has 0 bridgehead atoms. The molecule has 0 heterocycles. The molecule has 0 saturated heterocycles. The number of hydrogen-bond donors (Lipinski definition) is 1. The smallest absolute Gasteiger partial charge is 0.327 e. The summed E-state index contributed by atoms with van der Waals surface area (Å²) in [4.78, 5) is 11.6. The van der Waals surface area contributed by atoms with E-state index in [1.165, 1.54) is 7.11 Å². The summed E-state index contributed by atoms with van der Waals surface area (Å²) in [5.74, 6) is -2.94. The van der Waals surface area contributed by atoms with Crippen LogP contribution in [0.15, 0.2) is 29.2 Å². The number of alkyl halides is 2. The molecule has 0 aromatic heterocycles. The van der Waals surface area contributed by atoms with Gasteiger partial charge in [0.25, 0.3) is 5.76 Å². The van der Waals surface area contributed by atoms with Crippen LogP contribution >= 0.6 is 11.8 Å². The molecule has 0 aliphatic rings. The van der Waals surface area contributed by atoms with Crippen LogP contribution in [-0.2, 0) is 9.53 Å². The molecule has 1 aromatic rings. The van der Waals surface area contributed by atoms with E-state index in [1.807, 2.05) is 0 Å². The molecule has 0 spiro atoms. The van der Waals surface area contributed by atoms with Gasteiger partial charge in [-0.3, -0.25) is 0 Å². The van der Waals surface area contributed by atoms with Crippen LogP contribution in [0.1, 0.15) is 6.92 Å². The number of benzene rings is 1. The summed E-state index contributed by atoms with van der Waals surface area (Å²) in [7, 11) is 1.28. The first kappa shape index (κ1) is 13.8. The molecule has 0 amide bonds. The van der Waals surface area contributed by atoms with Gasteiger partial charge in [-0.1, -0.05) is 23.9 Å². The highest BCUT2D eigenvalue weighted by Crippen LogP contribution is 2.31. The van der Waals surface area contributed by atoms with Crippen molar-refractivity contribution in [2.45, 2.75) is 23.6 Å². The second kappa shape index (κ2) is 6.44. The van der Waals surface area contributed by atoms with Crippen LogP contribution in [0.2, 0.25) is 0 Å². The van der Waals surface area contributed by atoms with Crippen LogP contribution < -0.4 is 5.32 Å². The Hall–Kier alpha value is -1.30. The van der Waals surface area contributed by atoms with E-state index in [2.05, 4.69) is 10.1 Å². The molecule has 1 rings (SSSR count).